The van der Waals surface area contributed by atoms with Gasteiger partial charge in [0.25, 0.3) is 0 Å². The molecular weight excluding hydrogens is 146 g/mol. The topological polar surface area (TPSA) is 76.9 Å². The zero-order chi connectivity index (χ0) is 8.85. The summed E-state index contributed by atoms with van der Waals surface area (Å²) in [5.74, 6) is -0.660. The fourth-order valence-corrected chi connectivity index (χ4v) is 0.858. The molecule has 0 bridgehead atoms. The van der Waals surface area contributed by atoms with Gasteiger partial charge in [-0.2, -0.15) is 0 Å². The third-order valence-electron chi connectivity index (χ3n) is 1.66. The molecule has 4 heteroatoms. The van der Waals surface area contributed by atoms with Crippen LogP contribution in [0.25, 0.3) is 0 Å². The molecule has 0 rings (SSSR count). The second-order valence-electron chi connectivity index (χ2n) is 2.36. The van der Waals surface area contributed by atoms with E-state index in [1.807, 2.05) is 6.92 Å². The van der Waals surface area contributed by atoms with E-state index in [9.17, 15) is 5.11 Å². The Labute approximate surface area is 66.3 Å². The molecule has 0 saturated carbocycles. The maximum atomic E-state index is 9.28. The van der Waals surface area contributed by atoms with E-state index < -0.39 is 12.0 Å². The van der Waals surface area contributed by atoms with Crippen molar-refractivity contribution < 1.29 is 14.6 Å². The van der Waals surface area contributed by atoms with Crippen LogP contribution in [0.4, 0.5) is 0 Å². The number of aliphatic hydroxyl groups is 1. The highest BCUT2D eigenvalue weighted by Crippen LogP contribution is 2.07. The molecule has 0 aromatic heterocycles. The zero-order valence-corrected chi connectivity index (χ0v) is 6.95. The number of nitrogens with two attached hydrogens (primary N) is 1. The molecule has 0 aromatic carbocycles. The minimum atomic E-state index is -0.625. The van der Waals surface area contributed by atoms with Gasteiger partial charge in [-0.05, 0) is 6.42 Å². The first-order valence-electron chi connectivity index (χ1n) is 3.65. The molecular formula is C7H16NO3+. The highest BCUT2D eigenvalue weighted by molar-refractivity contribution is 5.74. The fourth-order valence-electron chi connectivity index (χ4n) is 0.858. The van der Waals surface area contributed by atoms with Gasteiger partial charge in [-0.25, -0.2) is 0 Å². The molecule has 4 N–H and O–H groups in total. The molecule has 0 fully saturated rings. The first-order chi connectivity index (χ1) is 5.17. The van der Waals surface area contributed by atoms with Crippen molar-refractivity contribution in [2.45, 2.75) is 19.4 Å². The minimum absolute atomic E-state index is 0.189. The van der Waals surface area contributed by atoms with Crippen LogP contribution in [-0.4, -0.2) is 35.6 Å². The summed E-state index contributed by atoms with van der Waals surface area (Å²) in [7, 11) is 1.35. The second kappa shape index (κ2) is 5.09. The Morgan fingerprint density at radius 2 is 2.27 bits per heavy atom. The van der Waals surface area contributed by atoms with Crippen molar-refractivity contribution in [1.29, 1.82) is 0 Å². The van der Waals surface area contributed by atoms with Crippen LogP contribution in [0.3, 0.4) is 0 Å². The summed E-state index contributed by atoms with van der Waals surface area (Å²) in [4.78, 5) is 9.07. The first kappa shape index (κ1) is 10.4. The van der Waals surface area contributed by atoms with E-state index in [1.54, 1.807) is 0 Å². The third kappa shape index (κ3) is 2.86. The molecule has 0 unspecified atom stereocenters. The van der Waals surface area contributed by atoms with Crippen LogP contribution in [0.5, 0.6) is 0 Å². The molecule has 0 aliphatic carbocycles. The van der Waals surface area contributed by atoms with E-state index >= 15 is 0 Å². The molecule has 4 nitrogen and oxygen atoms in total. The lowest BCUT2D eigenvalue weighted by Gasteiger charge is -2.12. The summed E-state index contributed by atoms with van der Waals surface area (Å²) in [6.07, 6.45) is -0.0742. The van der Waals surface area contributed by atoms with Crippen LogP contribution in [0.1, 0.15) is 13.3 Å². The van der Waals surface area contributed by atoms with Gasteiger partial charge in [0.15, 0.2) is 13.0 Å². The van der Waals surface area contributed by atoms with Gasteiger partial charge in [-0.3, -0.25) is 0 Å². The van der Waals surface area contributed by atoms with E-state index in [2.05, 4.69) is 4.74 Å². The Balaban J connectivity index is 4.03. The third-order valence-corrected chi connectivity index (χ3v) is 1.66. The molecule has 0 heterocycles. The summed E-state index contributed by atoms with van der Waals surface area (Å²) in [6.45, 7) is 2.00. The Bertz CT molecular complexity index is 127. The molecule has 0 aliphatic rings. The maximum Gasteiger partial charge on any atom is 0.489 e. The highest BCUT2D eigenvalue weighted by atomic mass is 16.5. The molecule has 0 radical (unpaired) electrons. The number of ether oxygens (including phenoxy) is 1. The van der Waals surface area contributed by atoms with Crippen molar-refractivity contribution in [1.82, 2.24) is 0 Å². The van der Waals surface area contributed by atoms with Gasteiger partial charge in [0.05, 0.1) is 6.10 Å². The van der Waals surface area contributed by atoms with Crippen LogP contribution in [0.15, 0.2) is 0 Å². The Hall–Kier alpha value is -0.610. The van der Waals surface area contributed by atoms with Crippen molar-refractivity contribution in [2.75, 3.05) is 13.7 Å². The van der Waals surface area contributed by atoms with E-state index in [1.165, 1.54) is 7.11 Å². The molecule has 0 spiro atoms. The average Bonchev–Trinajstić information content (AvgIpc) is 2.05. The SMILES string of the molecule is CC[C@@H](O)[C@H](CN)C(=[OH+])OC. The highest BCUT2D eigenvalue weighted by Gasteiger charge is 2.30. The standard InChI is InChI=1S/C7H15NO3/c1-3-6(9)5(4-8)7(10)11-2/h5-6,9H,3-4,8H2,1-2H3/p+1/t5-,6+/m0/s1. The molecule has 66 valence electrons. The van der Waals surface area contributed by atoms with Gasteiger partial charge in [-0.15, -0.1) is 0 Å². The lowest BCUT2D eigenvalue weighted by molar-refractivity contribution is 0.119. The maximum absolute atomic E-state index is 9.28. The van der Waals surface area contributed by atoms with Gasteiger partial charge < -0.3 is 20.4 Å². The van der Waals surface area contributed by atoms with Crippen molar-refractivity contribution in [3.05, 3.63) is 0 Å². The number of hydrogen-bond donors (Lipinski definition) is 2. The van der Waals surface area contributed by atoms with E-state index in [-0.39, 0.29) is 12.5 Å². The number of hydrogen-bond acceptors (Lipinski definition) is 3. The van der Waals surface area contributed by atoms with Gasteiger partial charge in [0, 0.05) is 6.54 Å². The van der Waals surface area contributed by atoms with Gasteiger partial charge in [0.2, 0.25) is 0 Å². The van der Waals surface area contributed by atoms with Crippen LogP contribution < -0.4 is 5.73 Å². The van der Waals surface area contributed by atoms with Crippen LogP contribution in [0, 0.1) is 5.92 Å². The van der Waals surface area contributed by atoms with Crippen molar-refractivity contribution in [3.63, 3.8) is 0 Å². The zero-order valence-electron chi connectivity index (χ0n) is 6.95. The predicted molar refractivity (Wildman–Crippen MR) is 42.8 cm³/mol. The average molecular weight is 162 g/mol. The van der Waals surface area contributed by atoms with E-state index in [4.69, 9.17) is 10.5 Å². The number of rotatable bonds is 4. The molecule has 2 atom stereocenters. The number of methoxy groups -OCH3 is 1. The molecule has 0 aliphatic heterocycles. The quantitative estimate of drug-likeness (QED) is 0.431. The molecule has 0 saturated heterocycles. The van der Waals surface area contributed by atoms with Crippen LogP contribution in [-0.2, 0) is 4.74 Å². The summed E-state index contributed by atoms with van der Waals surface area (Å²) < 4.78 is 4.56. The monoisotopic (exact) mass is 162 g/mol. The molecule has 11 heavy (non-hydrogen) atoms. The largest absolute Gasteiger partial charge is 0.489 e. The lowest BCUT2D eigenvalue weighted by atomic mass is 10.0. The van der Waals surface area contributed by atoms with Gasteiger partial charge in [-0.1, -0.05) is 6.92 Å². The van der Waals surface area contributed by atoms with E-state index in [0.717, 1.165) is 0 Å². The number of aliphatic hydroxyl groups excluding tert-OH is 1. The first-order valence-corrected chi connectivity index (χ1v) is 3.65. The Morgan fingerprint density at radius 3 is 2.55 bits per heavy atom. The Morgan fingerprint density at radius 1 is 1.73 bits per heavy atom. The summed E-state index contributed by atoms with van der Waals surface area (Å²) in [5.41, 5.74) is 5.30. The number of esters is 1. The van der Waals surface area contributed by atoms with Crippen molar-refractivity contribution in [3.8, 4) is 0 Å². The second-order valence-corrected chi connectivity index (χ2v) is 2.36. The smallest absolute Gasteiger partial charge is 0.392 e. The summed E-state index contributed by atoms with van der Waals surface area (Å²) in [6, 6.07) is 0. The van der Waals surface area contributed by atoms with E-state index in [0.29, 0.717) is 6.42 Å². The summed E-state index contributed by atoms with van der Waals surface area (Å²) >= 11 is 0. The molecule has 0 aromatic rings. The normalized spacial score (nSPS) is 15.6. The molecule has 0 amide bonds. The minimum Gasteiger partial charge on any atom is -0.392 e. The number of carbonyl (C=O) groups excluding carboxylic acids is 1. The Kier molecular flexibility index (Phi) is 4.81. The van der Waals surface area contributed by atoms with Gasteiger partial charge in [0.1, 0.15) is 0 Å². The summed E-state index contributed by atoms with van der Waals surface area (Å²) in [5, 5.41) is 9.28. The lowest BCUT2D eigenvalue weighted by Crippen LogP contribution is -2.35. The van der Waals surface area contributed by atoms with Gasteiger partial charge >= 0.3 is 5.97 Å². The van der Waals surface area contributed by atoms with Crippen molar-refractivity contribution in [2.24, 2.45) is 11.7 Å². The van der Waals surface area contributed by atoms with Crippen LogP contribution >= 0.6 is 0 Å². The predicted octanol–water partition coefficient (Wildman–Crippen LogP) is -0.519. The fraction of sp³-hybridized carbons (Fsp3) is 0.857. The van der Waals surface area contributed by atoms with Crippen LogP contribution in [0.2, 0.25) is 0 Å². The van der Waals surface area contributed by atoms with Crippen molar-refractivity contribution >= 4 is 5.97 Å².